The maximum Gasteiger partial charge on any atom is 0.0193 e. The van der Waals surface area contributed by atoms with Gasteiger partial charge in [0.05, 0.1) is 0 Å². The van der Waals surface area contributed by atoms with Crippen LogP contribution in [0.15, 0.2) is 0 Å². The maximum absolute atomic E-state index is 3.68. The first kappa shape index (κ1) is 12.0. The van der Waals surface area contributed by atoms with Crippen LogP contribution in [0.2, 0.25) is 0 Å². The fourth-order valence-electron chi connectivity index (χ4n) is 1.64. The summed E-state index contributed by atoms with van der Waals surface area (Å²) in [5, 5.41) is 7.12. The SMILES string of the molecule is CC(C)C(C)(C)CNC1CCCNC1. The van der Waals surface area contributed by atoms with E-state index in [1.165, 1.54) is 19.4 Å². The van der Waals surface area contributed by atoms with Crippen LogP contribution >= 0.6 is 0 Å². The van der Waals surface area contributed by atoms with Crippen LogP contribution in [0.3, 0.4) is 0 Å². The van der Waals surface area contributed by atoms with Crippen molar-refractivity contribution in [3.05, 3.63) is 0 Å². The summed E-state index contributed by atoms with van der Waals surface area (Å²) >= 11 is 0. The van der Waals surface area contributed by atoms with Crippen molar-refractivity contribution >= 4 is 0 Å². The van der Waals surface area contributed by atoms with E-state index in [0.717, 1.165) is 19.0 Å². The average Bonchev–Trinajstić information content (AvgIpc) is 2.16. The summed E-state index contributed by atoms with van der Waals surface area (Å²) in [7, 11) is 0. The first-order valence-electron chi connectivity index (χ1n) is 5.96. The van der Waals surface area contributed by atoms with Crippen molar-refractivity contribution in [1.82, 2.24) is 10.6 Å². The van der Waals surface area contributed by atoms with Gasteiger partial charge in [0.25, 0.3) is 0 Å². The third-order valence-electron chi connectivity index (χ3n) is 3.71. The summed E-state index contributed by atoms with van der Waals surface area (Å²) in [6, 6.07) is 0.696. The molecule has 84 valence electrons. The average molecular weight is 198 g/mol. The highest BCUT2D eigenvalue weighted by molar-refractivity contribution is 4.80. The molecule has 1 aliphatic rings. The molecule has 1 aliphatic heterocycles. The van der Waals surface area contributed by atoms with E-state index in [1.807, 2.05) is 0 Å². The normalized spacial score (nSPS) is 24.2. The zero-order chi connectivity index (χ0) is 10.6. The fourth-order valence-corrected chi connectivity index (χ4v) is 1.64. The lowest BCUT2D eigenvalue weighted by Gasteiger charge is -2.33. The Morgan fingerprint density at radius 1 is 1.43 bits per heavy atom. The number of nitrogens with one attached hydrogen (secondary N) is 2. The highest BCUT2D eigenvalue weighted by Gasteiger charge is 2.23. The fraction of sp³-hybridized carbons (Fsp3) is 1.00. The molecule has 0 aromatic heterocycles. The lowest BCUT2D eigenvalue weighted by Crippen LogP contribution is -2.47. The topological polar surface area (TPSA) is 24.1 Å². The Labute approximate surface area is 88.8 Å². The second-order valence-electron chi connectivity index (χ2n) is 5.57. The van der Waals surface area contributed by atoms with Crippen LogP contribution in [0.1, 0.15) is 40.5 Å². The van der Waals surface area contributed by atoms with Gasteiger partial charge < -0.3 is 10.6 Å². The van der Waals surface area contributed by atoms with Gasteiger partial charge >= 0.3 is 0 Å². The molecule has 1 atom stereocenters. The predicted octanol–water partition coefficient (Wildman–Crippen LogP) is 2.01. The zero-order valence-corrected chi connectivity index (χ0v) is 10.2. The van der Waals surface area contributed by atoms with E-state index in [-0.39, 0.29) is 0 Å². The minimum absolute atomic E-state index is 0.414. The van der Waals surface area contributed by atoms with Gasteiger partial charge in [-0.05, 0) is 30.7 Å². The highest BCUT2D eigenvalue weighted by atomic mass is 15.0. The molecule has 0 radical (unpaired) electrons. The first-order chi connectivity index (χ1) is 6.52. The number of hydrogen-bond donors (Lipinski definition) is 2. The summed E-state index contributed by atoms with van der Waals surface area (Å²) in [5.41, 5.74) is 0.414. The third-order valence-corrected chi connectivity index (χ3v) is 3.71. The highest BCUT2D eigenvalue weighted by Crippen LogP contribution is 2.25. The van der Waals surface area contributed by atoms with Crippen molar-refractivity contribution < 1.29 is 0 Å². The lowest BCUT2D eigenvalue weighted by atomic mass is 9.81. The number of hydrogen-bond acceptors (Lipinski definition) is 2. The standard InChI is InChI=1S/C12H26N2/c1-10(2)12(3,4)9-14-11-6-5-7-13-8-11/h10-11,13-14H,5-9H2,1-4H3. The van der Waals surface area contributed by atoms with Crippen molar-refractivity contribution in [3.8, 4) is 0 Å². The zero-order valence-electron chi connectivity index (χ0n) is 10.2. The molecular weight excluding hydrogens is 172 g/mol. The molecule has 0 bridgehead atoms. The molecule has 0 amide bonds. The molecule has 1 rings (SSSR count). The van der Waals surface area contributed by atoms with Crippen LogP contribution < -0.4 is 10.6 Å². The van der Waals surface area contributed by atoms with Gasteiger partial charge in [0, 0.05) is 19.1 Å². The van der Waals surface area contributed by atoms with Gasteiger partial charge in [-0.15, -0.1) is 0 Å². The van der Waals surface area contributed by atoms with Crippen LogP contribution in [-0.2, 0) is 0 Å². The van der Waals surface area contributed by atoms with E-state index >= 15 is 0 Å². The van der Waals surface area contributed by atoms with Gasteiger partial charge in [-0.1, -0.05) is 27.7 Å². The maximum atomic E-state index is 3.68. The summed E-state index contributed by atoms with van der Waals surface area (Å²) in [5.74, 6) is 0.742. The van der Waals surface area contributed by atoms with Crippen LogP contribution in [0.25, 0.3) is 0 Å². The quantitative estimate of drug-likeness (QED) is 0.722. The van der Waals surface area contributed by atoms with E-state index in [1.54, 1.807) is 0 Å². The molecular formula is C12H26N2. The predicted molar refractivity (Wildman–Crippen MR) is 62.5 cm³/mol. The molecule has 1 saturated heterocycles. The van der Waals surface area contributed by atoms with Gasteiger partial charge in [0.1, 0.15) is 0 Å². The van der Waals surface area contributed by atoms with Crippen molar-refractivity contribution in [1.29, 1.82) is 0 Å². The molecule has 2 N–H and O–H groups in total. The molecule has 0 aromatic carbocycles. The minimum atomic E-state index is 0.414. The second-order valence-corrected chi connectivity index (χ2v) is 5.57. The molecule has 0 spiro atoms. The van der Waals surface area contributed by atoms with Crippen LogP contribution in [0.5, 0.6) is 0 Å². The molecule has 2 heteroatoms. The summed E-state index contributed by atoms with van der Waals surface area (Å²) < 4.78 is 0. The first-order valence-corrected chi connectivity index (χ1v) is 5.96. The Hall–Kier alpha value is -0.0800. The molecule has 2 nitrogen and oxygen atoms in total. The van der Waals surface area contributed by atoms with Gasteiger partial charge in [-0.2, -0.15) is 0 Å². The van der Waals surface area contributed by atoms with Crippen LogP contribution in [0.4, 0.5) is 0 Å². The number of piperidine rings is 1. The largest absolute Gasteiger partial charge is 0.315 e. The second kappa shape index (κ2) is 5.13. The lowest BCUT2D eigenvalue weighted by molar-refractivity contribution is 0.220. The van der Waals surface area contributed by atoms with Gasteiger partial charge in [0.15, 0.2) is 0 Å². The summed E-state index contributed by atoms with van der Waals surface area (Å²) in [4.78, 5) is 0. The van der Waals surface area contributed by atoms with Crippen molar-refractivity contribution in [2.24, 2.45) is 11.3 Å². The molecule has 0 aliphatic carbocycles. The molecule has 1 fully saturated rings. The van der Waals surface area contributed by atoms with Crippen LogP contribution in [-0.4, -0.2) is 25.7 Å². The van der Waals surface area contributed by atoms with E-state index in [9.17, 15) is 0 Å². The van der Waals surface area contributed by atoms with Crippen molar-refractivity contribution in [3.63, 3.8) is 0 Å². The monoisotopic (exact) mass is 198 g/mol. The Morgan fingerprint density at radius 3 is 2.64 bits per heavy atom. The Bertz CT molecular complexity index is 158. The van der Waals surface area contributed by atoms with Crippen molar-refractivity contribution in [2.45, 2.75) is 46.6 Å². The molecule has 1 unspecified atom stereocenters. The van der Waals surface area contributed by atoms with E-state index in [4.69, 9.17) is 0 Å². The third kappa shape index (κ3) is 3.58. The minimum Gasteiger partial charge on any atom is -0.315 e. The smallest absolute Gasteiger partial charge is 0.0193 e. The molecule has 0 aromatic rings. The van der Waals surface area contributed by atoms with Gasteiger partial charge in [-0.25, -0.2) is 0 Å². The van der Waals surface area contributed by atoms with Gasteiger partial charge in [-0.3, -0.25) is 0 Å². The molecule has 14 heavy (non-hydrogen) atoms. The summed E-state index contributed by atoms with van der Waals surface area (Å²) in [6.45, 7) is 12.8. The van der Waals surface area contributed by atoms with E-state index < -0.39 is 0 Å². The molecule has 1 heterocycles. The Kier molecular flexibility index (Phi) is 4.39. The Balaban J connectivity index is 2.24. The number of rotatable bonds is 4. The molecule has 0 saturated carbocycles. The van der Waals surface area contributed by atoms with E-state index in [0.29, 0.717) is 11.5 Å². The van der Waals surface area contributed by atoms with Gasteiger partial charge in [0.2, 0.25) is 0 Å². The van der Waals surface area contributed by atoms with E-state index in [2.05, 4.69) is 38.3 Å². The van der Waals surface area contributed by atoms with Crippen LogP contribution in [0, 0.1) is 11.3 Å². The Morgan fingerprint density at radius 2 is 2.14 bits per heavy atom. The van der Waals surface area contributed by atoms with Crippen molar-refractivity contribution in [2.75, 3.05) is 19.6 Å². The summed E-state index contributed by atoms with van der Waals surface area (Å²) in [6.07, 6.45) is 2.65.